The molecule has 0 radical (unpaired) electrons. The predicted molar refractivity (Wildman–Crippen MR) is 117 cm³/mol. The summed E-state index contributed by atoms with van der Waals surface area (Å²) in [6, 6.07) is 12.5. The minimum absolute atomic E-state index is 0.0572. The van der Waals surface area contributed by atoms with Crippen LogP contribution in [0.15, 0.2) is 61.2 Å². The van der Waals surface area contributed by atoms with Crippen molar-refractivity contribution in [3.05, 3.63) is 71.8 Å². The number of hydrogen-bond acceptors (Lipinski definition) is 3. The van der Waals surface area contributed by atoms with Gasteiger partial charge in [-0.3, -0.25) is 9.59 Å². The molecule has 6 heteroatoms. The van der Waals surface area contributed by atoms with Crippen LogP contribution in [0.3, 0.4) is 0 Å². The molecule has 5 nitrogen and oxygen atoms in total. The van der Waals surface area contributed by atoms with Crippen LogP contribution in [0.25, 0.3) is 6.08 Å². The second-order valence-corrected chi connectivity index (χ2v) is 7.81. The third kappa shape index (κ3) is 4.69. The molecule has 150 valence electrons. The molecule has 3 rings (SSSR count). The molecule has 2 amide bonds. The van der Waals surface area contributed by atoms with Gasteiger partial charge in [-0.25, -0.2) is 0 Å². The van der Waals surface area contributed by atoms with Crippen molar-refractivity contribution in [2.45, 2.75) is 13.8 Å². The SMILES string of the molecule is C=CCN1C(=O)C(C)(C)COc2ccc(NC(=O)/C=C/c3ccccc3Cl)cc21. The fraction of sp³-hybridized carbons (Fsp3) is 0.217. The van der Waals surface area contributed by atoms with Crippen LogP contribution in [-0.4, -0.2) is 25.0 Å². The van der Waals surface area contributed by atoms with Gasteiger partial charge in [0.25, 0.3) is 0 Å². The number of halogens is 1. The number of nitrogens with zero attached hydrogens (tertiary/aromatic N) is 1. The van der Waals surface area contributed by atoms with E-state index in [1.165, 1.54) is 6.08 Å². The van der Waals surface area contributed by atoms with Crippen LogP contribution in [0, 0.1) is 5.41 Å². The number of benzene rings is 2. The highest BCUT2D eigenvalue weighted by Crippen LogP contribution is 2.38. The molecule has 0 unspecified atom stereocenters. The fourth-order valence-corrected chi connectivity index (χ4v) is 3.19. The van der Waals surface area contributed by atoms with Gasteiger partial charge in [-0.05, 0) is 49.8 Å². The molecule has 2 aromatic carbocycles. The summed E-state index contributed by atoms with van der Waals surface area (Å²) < 4.78 is 5.85. The number of nitrogens with one attached hydrogen (secondary N) is 1. The van der Waals surface area contributed by atoms with E-state index in [9.17, 15) is 9.59 Å². The van der Waals surface area contributed by atoms with Gasteiger partial charge in [-0.1, -0.05) is 35.9 Å². The number of fused-ring (bicyclic) bond motifs is 1. The van der Waals surface area contributed by atoms with Crippen LogP contribution in [-0.2, 0) is 9.59 Å². The summed E-state index contributed by atoms with van der Waals surface area (Å²) in [6.07, 6.45) is 4.74. The maximum atomic E-state index is 12.9. The van der Waals surface area contributed by atoms with E-state index >= 15 is 0 Å². The second kappa shape index (κ2) is 8.53. The molecule has 0 spiro atoms. The summed E-state index contributed by atoms with van der Waals surface area (Å²) in [7, 11) is 0. The van der Waals surface area contributed by atoms with E-state index in [0.29, 0.717) is 28.7 Å². The smallest absolute Gasteiger partial charge is 0.248 e. The average Bonchev–Trinajstić information content (AvgIpc) is 2.78. The Balaban J connectivity index is 1.83. The molecule has 1 aliphatic heterocycles. The number of rotatable bonds is 5. The number of hydrogen-bond donors (Lipinski definition) is 1. The first-order valence-corrected chi connectivity index (χ1v) is 9.63. The van der Waals surface area contributed by atoms with Crippen molar-refractivity contribution in [1.82, 2.24) is 0 Å². The molecule has 29 heavy (non-hydrogen) atoms. The van der Waals surface area contributed by atoms with Gasteiger partial charge < -0.3 is 15.0 Å². The Labute approximate surface area is 175 Å². The highest BCUT2D eigenvalue weighted by atomic mass is 35.5. The van der Waals surface area contributed by atoms with Crippen molar-refractivity contribution < 1.29 is 14.3 Å². The topological polar surface area (TPSA) is 58.6 Å². The Kier molecular flexibility index (Phi) is 6.09. The molecule has 1 aliphatic rings. The van der Waals surface area contributed by atoms with Gasteiger partial charge in [0.1, 0.15) is 12.4 Å². The monoisotopic (exact) mass is 410 g/mol. The Bertz CT molecular complexity index is 982. The standard InChI is InChI=1S/C23H23ClN2O3/c1-4-13-26-19-14-17(10-11-20(19)29-15-23(2,3)22(26)28)25-21(27)12-9-16-7-5-6-8-18(16)24/h4-12,14H,1,13,15H2,2-3H3,(H,25,27)/b12-9+. The molecule has 0 aromatic heterocycles. The lowest BCUT2D eigenvalue weighted by molar-refractivity contribution is -0.127. The van der Waals surface area contributed by atoms with E-state index in [-0.39, 0.29) is 18.4 Å². The maximum absolute atomic E-state index is 12.9. The Hall–Kier alpha value is -3.05. The summed E-state index contributed by atoms with van der Waals surface area (Å²) in [5.74, 6) is 0.231. The zero-order valence-corrected chi connectivity index (χ0v) is 17.2. The molecule has 1 heterocycles. The van der Waals surface area contributed by atoms with Crippen LogP contribution in [0.4, 0.5) is 11.4 Å². The summed E-state index contributed by atoms with van der Waals surface area (Å²) in [5.41, 5.74) is 1.25. The van der Waals surface area contributed by atoms with Crippen molar-refractivity contribution >= 4 is 40.9 Å². The summed E-state index contributed by atoms with van der Waals surface area (Å²) in [5, 5.41) is 3.38. The quantitative estimate of drug-likeness (QED) is 0.561. The normalized spacial score (nSPS) is 15.4. The van der Waals surface area contributed by atoms with Gasteiger partial charge in [0.2, 0.25) is 11.8 Å². The van der Waals surface area contributed by atoms with E-state index < -0.39 is 5.41 Å². The van der Waals surface area contributed by atoms with Crippen LogP contribution in [0.1, 0.15) is 19.4 Å². The first-order valence-electron chi connectivity index (χ1n) is 9.25. The van der Waals surface area contributed by atoms with E-state index in [0.717, 1.165) is 5.56 Å². The van der Waals surface area contributed by atoms with Gasteiger partial charge in [0.15, 0.2) is 0 Å². The lowest BCUT2D eigenvalue weighted by atomic mass is 9.93. The zero-order valence-electron chi connectivity index (χ0n) is 16.4. The molecule has 1 N–H and O–H groups in total. The van der Waals surface area contributed by atoms with E-state index in [4.69, 9.17) is 16.3 Å². The van der Waals surface area contributed by atoms with Crippen molar-refractivity contribution in [3.8, 4) is 5.75 Å². The molecule has 0 atom stereocenters. The second-order valence-electron chi connectivity index (χ2n) is 7.40. The molecule has 0 bridgehead atoms. The van der Waals surface area contributed by atoms with Gasteiger partial charge in [0.05, 0.1) is 11.1 Å². The highest BCUT2D eigenvalue weighted by Gasteiger charge is 2.37. The summed E-state index contributed by atoms with van der Waals surface area (Å²) in [4.78, 5) is 26.9. The van der Waals surface area contributed by atoms with Crippen molar-refractivity contribution in [2.24, 2.45) is 5.41 Å². The largest absolute Gasteiger partial charge is 0.490 e. The van der Waals surface area contributed by atoms with E-state index in [2.05, 4.69) is 11.9 Å². The van der Waals surface area contributed by atoms with Crippen LogP contribution >= 0.6 is 11.6 Å². The summed E-state index contributed by atoms with van der Waals surface area (Å²) in [6.45, 7) is 8.07. The van der Waals surface area contributed by atoms with Gasteiger partial charge in [0, 0.05) is 23.3 Å². The number of carbonyl (C=O) groups excluding carboxylic acids is 2. The number of anilines is 2. The highest BCUT2D eigenvalue weighted by molar-refractivity contribution is 6.32. The number of ether oxygens (including phenoxy) is 1. The predicted octanol–water partition coefficient (Wildman–Crippen LogP) is 4.93. The van der Waals surface area contributed by atoms with E-state index in [1.807, 2.05) is 32.0 Å². The molecular weight excluding hydrogens is 388 g/mol. The van der Waals surface area contributed by atoms with Gasteiger partial charge in [-0.15, -0.1) is 6.58 Å². The van der Waals surface area contributed by atoms with E-state index in [1.54, 1.807) is 41.3 Å². The Morgan fingerprint density at radius 2 is 2.07 bits per heavy atom. The minimum atomic E-state index is -0.664. The number of carbonyl (C=O) groups is 2. The lowest BCUT2D eigenvalue weighted by Gasteiger charge is -2.27. The first-order chi connectivity index (χ1) is 13.8. The maximum Gasteiger partial charge on any atom is 0.248 e. The third-order valence-electron chi connectivity index (χ3n) is 4.56. The zero-order chi connectivity index (χ0) is 21.0. The third-order valence-corrected chi connectivity index (χ3v) is 4.91. The minimum Gasteiger partial charge on any atom is -0.490 e. The summed E-state index contributed by atoms with van der Waals surface area (Å²) >= 11 is 6.10. The molecule has 0 fully saturated rings. The lowest BCUT2D eigenvalue weighted by Crippen LogP contribution is -2.42. The van der Waals surface area contributed by atoms with Crippen LogP contribution < -0.4 is 15.0 Å². The van der Waals surface area contributed by atoms with Gasteiger partial charge >= 0.3 is 0 Å². The van der Waals surface area contributed by atoms with Crippen molar-refractivity contribution in [1.29, 1.82) is 0 Å². The molecule has 0 saturated heterocycles. The van der Waals surface area contributed by atoms with Gasteiger partial charge in [-0.2, -0.15) is 0 Å². The Morgan fingerprint density at radius 3 is 2.79 bits per heavy atom. The fourth-order valence-electron chi connectivity index (χ4n) is 2.99. The Morgan fingerprint density at radius 1 is 1.31 bits per heavy atom. The number of amides is 2. The van der Waals surface area contributed by atoms with Crippen LogP contribution in [0.2, 0.25) is 5.02 Å². The average molecular weight is 411 g/mol. The molecule has 0 aliphatic carbocycles. The molecular formula is C23H23ClN2O3. The molecule has 0 saturated carbocycles. The molecule has 2 aromatic rings. The first kappa shape index (κ1) is 20.7. The van der Waals surface area contributed by atoms with Crippen molar-refractivity contribution in [2.75, 3.05) is 23.4 Å². The van der Waals surface area contributed by atoms with Crippen LogP contribution in [0.5, 0.6) is 5.75 Å². The van der Waals surface area contributed by atoms with Crippen molar-refractivity contribution in [3.63, 3.8) is 0 Å².